The van der Waals surface area contributed by atoms with E-state index in [2.05, 4.69) is 0 Å². The molecule has 0 atom stereocenters. The summed E-state index contributed by atoms with van der Waals surface area (Å²) in [6.07, 6.45) is 0. The lowest BCUT2D eigenvalue weighted by Gasteiger charge is -2.14. The van der Waals surface area contributed by atoms with Gasteiger partial charge in [-0.05, 0) is 24.3 Å². The van der Waals surface area contributed by atoms with Crippen molar-refractivity contribution < 1.29 is 18.9 Å². The first-order chi connectivity index (χ1) is 11.0. The molecular weight excluding hydrogens is 316 g/mol. The molecule has 124 valence electrons. The van der Waals surface area contributed by atoms with Gasteiger partial charge in [0, 0.05) is 9.79 Å². The minimum absolute atomic E-state index is 0.465. The number of hydrogen-bond donors (Lipinski definition) is 2. The predicted octanol–water partition coefficient (Wildman–Crippen LogP) is 3.04. The molecule has 2 rings (SSSR count). The third-order valence-electron chi connectivity index (χ3n) is 3.27. The second-order valence-electron chi connectivity index (χ2n) is 4.59. The molecule has 4 N–H and O–H groups in total. The molecule has 0 aliphatic rings. The summed E-state index contributed by atoms with van der Waals surface area (Å²) in [5.41, 5.74) is 12.9. The van der Waals surface area contributed by atoms with Crippen LogP contribution in [-0.2, 0) is 0 Å². The van der Waals surface area contributed by atoms with Crippen molar-refractivity contribution in [2.45, 2.75) is 9.79 Å². The molecule has 2 aromatic rings. The van der Waals surface area contributed by atoms with Gasteiger partial charge in [-0.1, -0.05) is 11.8 Å². The van der Waals surface area contributed by atoms with Crippen LogP contribution in [0.15, 0.2) is 34.1 Å². The molecule has 0 spiro atoms. The second-order valence-corrected chi connectivity index (χ2v) is 5.73. The van der Waals surface area contributed by atoms with Crippen LogP contribution >= 0.6 is 11.8 Å². The standard InChI is InChI=1S/C16H20N2O4S/c1-19-11-5-9(6-12(20-2)15(11)17)23-10-7-13(21-3)16(18)14(8-10)22-4/h5-8H,17-18H2,1-4H3. The highest BCUT2D eigenvalue weighted by Crippen LogP contribution is 2.42. The van der Waals surface area contributed by atoms with Gasteiger partial charge in [0.2, 0.25) is 0 Å². The first kappa shape index (κ1) is 17.0. The fourth-order valence-electron chi connectivity index (χ4n) is 2.08. The molecule has 0 bridgehead atoms. The molecule has 0 radical (unpaired) electrons. The summed E-state index contributed by atoms with van der Waals surface area (Å²) >= 11 is 1.49. The lowest BCUT2D eigenvalue weighted by atomic mass is 10.2. The van der Waals surface area contributed by atoms with Gasteiger partial charge in [0.15, 0.2) is 0 Å². The molecule has 0 saturated carbocycles. The van der Waals surface area contributed by atoms with E-state index >= 15 is 0 Å². The lowest BCUT2D eigenvalue weighted by Crippen LogP contribution is -1.98. The summed E-state index contributed by atoms with van der Waals surface area (Å²) < 4.78 is 21.1. The van der Waals surface area contributed by atoms with Crippen molar-refractivity contribution in [3.8, 4) is 23.0 Å². The van der Waals surface area contributed by atoms with Crippen molar-refractivity contribution in [3.05, 3.63) is 24.3 Å². The van der Waals surface area contributed by atoms with Crippen molar-refractivity contribution in [1.29, 1.82) is 0 Å². The highest BCUT2D eigenvalue weighted by atomic mass is 32.2. The molecule has 0 amide bonds. The fraction of sp³-hybridized carbons (Fsp3) is 0.250. The van der Waals surface area contributed by atoms with Gasteiger partial charge in [0.05, 0.1) is 28.4 Å². The number of methoxy groups -OCH3 is 4. The Labute approximate surface area is 139 Å². The zero-order chi connectivity index (χ0) is 17.0. The van der Waals surface area contributed by atoms with Gasteiger partial charge in [-0.15, -0.1) is 0 Å². The molecule has 0 saturated heterocycles. The van der Waals surface area contributed by atoms with E-state index in [1.807, 2.05) is 24.3 Å². The second kappa shape index (κ2) is 7.23. The molecule has 23 heavy (non-hydrogen) atoms. The van der Waals surface area contributed by atoms with Crippen molar-refractivity contribution >= 4 is 23.1 Å². The summed E-state index contributed by atoms with van der Waals surface area (Å²) in [6.45, 7) is 0. The Morgan fingerprint density at radius 2 is 0.870 bits per heavy atom. The van der Waals surface area contributed by atoms with Gasteiger partial charge in [0.25, 0.3) is 0 Å². The van der Waals surface area contributed by atoms with E-state index in [9.17, 15) is 0 Å². The van der Waals surface area contributed by atoms with Crippen LogP contribution in [-0.4, -0.2) is 28.4 Å². The Morgan fingerprint density at radius 3 is 1.09 bits per heavy atom. The summed E-state index contributed by atoms with van der Waals surface area (Å²) in [5.74, 6) is 2.23. The van der Waals surface area contributed by atoms with E-state index < -0.39 is 0 Å². The van der Waals surface area contributed by atoms with Gasteiger partial charge in [0.1, 0.15) is 34.4 Å². The van der Waals surface area contributed by atoms with E-state index in [4.69, 9.17) is 30.4 Å². The van der Waals surface area contributed by atoms with Crippen LogP contribution in [0.4, 0.5) is 11.4 Å². The summed E-state index contributed by atoms with van der Waals surface area (Å²) in [5, 5.41) is 0. The number of benzene rings is 2. The zero-order valence-corrected chi connectivity index (χ0v) is 14.3. The highest BCUT2D eigenvalue weighted by Gasteiger charge is 2.13. The minimum atomic E-state index is 0.465. The molecule has 0 aliphatic heterocycles. The van der Waals surface area contributed by atoms with E-state index in [-0.39, 0.29) is 0 Å². The summed E-state index contributed by atoms with van der Waals surface area (Å²) in [7, 11) is 6.26. The quantitative estimate of drug-likeness (QED) is 0.784. The van der Waals surface area contributed by atoms with Crippen LogP contribution in [0.5, 0.6) is 23.0 Å². The molecular formula is C16H20N2O4S. The van der Waals surface area contributed by atoms with E-state index in [1.54, 1.807) is 28.4 Å². The Hall–Kier alpha value is -2.41. The van der Waals surface area contributed by atoms with Crippen molar-refractivity contribution in [1.82, 2.24) is 0 Å². The molecule has 0 heterocycles. The van der Waals surface area contributed by atoms with Gasteiger partial charge >= 0.3 is 0 Å². The van der Waals surface area contributed by atoms with Crippen molar-refractivity contribution in [2.24, 2.45) is 0 Å². The molecule has 0 fully saturated rings. The Morgan fingerprint density at radius 1 is 0.609 bits per heavy atom. The van der Waals surface area contributed by atoms with E-state index in [0.717, 1.165) is 9.79 Å². The third kappa shape index (κ3) is 3.50. The van der Waals surface area contributed by atoms with Gasteiger partial charge in [-0.25, -0.2) is 0 Å². The molecule has 2 aromatic carbocycles. The van der Waals surface area contributed by atoms with Crippen LogP contribution in [0.1, 0.15) is 0 Å². The Balaban J connectivity index is 2.43. The first-order valence-electron chi connectivity index (χ1n) is 6.74. The predicted molar refractivity (Wildman–Crippen MR) is 92.0 cm³/mol. The topological polar surface area (TPSA) is 89.0 Å². The number of nitrogens with two attached hydrogens (primary N) is 2. The molecule has 0 unspecified atom stereocenters. The Bertz CT molecular complexity index is 597. The maximum absolute atomic E-state index is 5.96. The number of ether oxygens (including phenoxy) is 4. The minimum Gasteiger partial charge on any atom is -0.494 e. The number of anilines is 2. The average molecular weight is 336 g/mol. The summed E-state index contributed by atoms with van der Waals surface area (Å²) in [6, 6.07) is 7.38. The smallest absolute Gasteiger partial charge is 0.146 e. The first-order valence-corrected chi connectivity index (χ1v) is 7.56. The van der Waals surface area contributed by atoms with Gasteiger partial charge < -0.3 is 30.4 Å². The summed E-state index contributed by atoms with van der Waals surface area (Å²) in [4.78, 5) is 1.81. The van der Waals surface area contributed by atoms with Crippen LogP contribution < -0.4 is 30.4 Å². The largest absolute Gasteiger partial charge is 0.494 e. The third-order valence-corrected chi connectivity index (χ3v) is 4.21. The zero-order valence-electron chi connectivity index (χ0n) is 13.5. The average Bonchev–Trinajstić information content (AvgIpc) is 2.57. The maximum atomic E-state index is 5.96. The van der Waals surface area contributed by atoms with Crippen molar-refractivity contribution in [2.75, 3.05) is 39.9 Å². The Kier molecular flexibility index (Phi) is 5.33. The molecule has 0 aliphatic carbocycles. The van der Waals surface area contributed by atoms with Crippen LogP contribution in [0.25, 0.3) is 0 Å². The SMILES string of the molecule is COc1cc(Sc2cc(OC)c(N)c(OC)c2)cc(OC)c1N. The van der Waals surface area contributed by atoms with E-state index in [1.165, 1.54) is 11.8 Å². The maximum Gasteiger partial charge on any atom is 0.146 e. The fourth-order valence-corrected chi connectivity index (χ4v) is 3.02. The number of hydrogen-bond acceptors (Lipinski definition) is 7. The lowest BCUT2D eigenvalue weighted by molar-refractivity contribution is 0.396. The molecule has 7 heteroatoms. The molecule has 6 nitrogen and oxygen atoms in total. The number of rotatable bonds is 6. The van der Waals surface area contributed by atoms with Crippen LogP contribution in [0.3, 0.4) is 0 Å². The monoisotopic (exact) mass is 336 g/mol. The van der Waals surface area contributed by atoms with Gasteiger partial charge in [-0.3, -0.25) is 0 Å². The number of nitrogen functional groups attached to an aromatic ring is 2. The van der Waals surface area contributed by atoms with E-state index in [0.29, 0.717) is 34.4 Å². The van der Waals surface area contributed by atoms with Crippen molar-refractivity contribution in [3.63, 3.8) is 0 Å². The van der Waals surface area contributed by atoms with Crippen LogP contribution in [0, 0.1) is 0 Å². The van der Waals surface area contributed by atoms with Crippen LogP contribution in [0.2, 0.25) is 0 Å². The molecule has 0 aromatic heterocycles. The van der Waals surface area contributed by atoms with Gasteiger partial charge in [-0.2, -0.15) is 0 Å². The normalized spacial score (nSPS) is 10.3. The highest BCUT2D eigenvalue weighted by molar-refractivity contribution is 7.99.